The van der Waals surface area contributed by atoms with Gasteiger partial charge in [0.15, 0.2) is 0 Å². The Balaban J connectivity index is 1.22. The molecule has 2 aromatic rings. The van der Waals surface area contributed by atoms with Crippen LogP contribution < -0.4 is 5.32 Å². The van der Waals surface area contributed by atoms with E-state index in [9.17, 15) is 4.79 Å². The summed E-state index contributed by atoms with van der Waals surface area (Å²) in [5, 5.41) is 4.48. The Hall–Kier alpha value is -2.05. The number of hydrogen-bond donors (Lipinski definition) is 2. The maximum Gasteiger partial charge on any atom is 0.317 e. The van der Waals surface area contributed by atoms with Gasteiger partial charge in [0.25, 0.3) is 0 Å². The van der Waals surface area contributed by atoms with Crippen molar-refractivity contribution in [1.82, 2.24) is 20.1 Å². The molecular weight excluding hydrogens is 328 g/mol. The van der Waals surface area contributed by atoms with E-state index in [1.54, 1.807) is 0 Å². The number of carbonyl (C=O) groups excluding carboxylic acids is 1. The Morgan fingerprint density at radius 3 is 2.73 bits per heavy atom. The molecule has 140 valence electrons. The van der Waals surface area contributed by atoms with Crippen LogP contribution in [0.25, 0.3) is 10.9 Å². The first kappa shape index (κ1) is 17.4. The number of para-hydroxylation sites is 1. The number of piperazine rings is 1. The summed E-state index contributed by atoms with van der Waals surface area (Å²) >= 11 is 0. The van der Waals surface area contributed by atoms with E-state index in [-0.39, 0.29) is 12.1 Å². The average molecular weight is 356 g/mol. The van der Waals surface area contributed by atoms with Gasteiger partial charge in [0.05, 0.1) is 0 Å². The summed E-state index contributed by atoms with van der Waals surface area (Å²) in [5.41, 5.74) is 2.58. The normalized spacial score (nSPS) is 19.8. The summed E-state index contributed by atoms with van der Waals surface area (Å²) in [7, 11) is 0. The van der Waals surface area contributed by atoms with Gasteiger partial charge >= 0.3 is 6.03 Å². The van der Waals surface area contributed by atoms with Crippen LogP contribution in [0.3, 0.4) is 0 Å². The minimum atomic E-state index is 0.0909. The van der Waals surface area contributed by atoms with Gasteiger partial charge in [0.2, 0.25) is 0 Å². The van der Waals surface area contributed by atoms with Crippen LogP contribution in [0, 0.1) is 0 Å². The van der Waals surface area contributed by atoms with E-state index >= 15 is 0 Å². The number of aromatic amines is 1. The highest BCUT2D eigenvalue weighted by atomic mass is 16.5. The van der Waals surface area contributed by atoms with Gasteiger partial charge < -0.3 is 19.9 Å². The largest absolute Gasteiger partial charge is 0.381 e. The van der Waals surface area contributed by atoms with Crippen molar-refractivity contribution in [2.24, 2.45) is 0 Å². The zero-order valence-corrected chi connectivity index (χ0v) is 15.2. The molecule has 4 rings (SSSR count). The summed E-state index contributed by atoms with van der Waals surface area (Å²) in [6.45, 7) is 6.06. The molecule has 0 aliphatic carbocycles. The lowest BCUT2D eigenvalue weighted by atomic mass is 10.1. The zero-order chi connectivity index (χ0) is 17.8. The molecule has 0 unspecified atom stereocenters. The molecule has 0 radical (unpaired) electrons. The molecule has 0 atom stereocenters. The third-order valence-electron chi connectivity index (χ3n) is 5.58. The summed E-state index contributed by atoms with van der Waals surface area (Å²) < 4.78 is 5.35. The highest BCUT2D eigenvalue weighted by Crippen LogP contribution is 2.18. The fourth-order valence-corrected chi connectivity index (χ4v) is 3.90. The Labute approximate surface area is 154 Å². The van der Waals surface area contributed by atoms with Gasteiger partial charge in [-0.3, -0.25) is 4.90 Å². The van der Waals surface area contributed by atoms with E-state index in [1.165, 1.54) is 16.5 Å². The quantitative estimate of drug-likeness (QED) is 0.883. The monoisotopic (exact) mass is 356 g/mol. The van der Waals surface area contributed by atoms with Gasteiger partial charge in [0.1, 0.15) is 0 Å². The van der Waals surface area contributed by atoms with Gasteiger partial charge in [0, 0.05) is 69.1 Å². The molecule has 0 saturated carbocycles. The maximum atomic E-state index is 12.4. The van der Waals surface area contributed by atoms with Crippen molar-refractivity contribution >= 4 is 16.9 Å². The smallest absolute Gasteiger partial charge is 0.317 e. The third-order valence-corrected chi connectivity index (χ3v) is 5.58. The van der Waals surface area contributed by atoms with Crippen LogP contribution in [0.1, 0.15) is 18.4 Å². The molecule has 26 heavy (non-hydrogen) atoms. The van der Waals surface area contributed by atoms with Gasteiger partial charge in [-0.25, -0.2) is 4.79 Å². The van der Waals surface area contributed by atoms with Gasteiger partial charge in [-0.1, -0.05) is 18.2 Å². The summed E-state index contributed by atoms with van der Waals surface area (Å²) in [4.78, 5) is 20.2. The van der Waals surface area contributed by atoms with E-state index in [1.807, 2.05) is 4.90 Å². The van der Waals surface area contributed by atoms with Gasteiger partial charge in [-0.15, -0.1) is 0 Å². The maximum absolute atomic E-state index is 12.4. The Bertz CT molecular complexity index is 730. The van der Waals surface area contributed by atoms with Crippen molar-refractivity contribution < 1.29 is 9.53 Å². The molecular formula is C20H28N4O2. The Kier molecular flexibility index (Phi) is 5.41. The fraction of sp³-hybridized carbons (Fsp3) is 0.550. The van der Waals surface area contributed by atoms with E-state index < -0.39 is 0 Å². The molecule has 6 heteroatoms. The van der Waals surface area contributed by atoms with E-state index in [2.05, 4.69) is 45.7 Å². The number of H-pyrrole nitrogens is 1. The van der Waals surface area contributed by atoms with Crippen LogP contribution in [0.5, 0.6) is 0 Å². The number of aromatic nitrogens is 1. The fourth-order valence-electron chi connectivity index (χ4n) is 3.90. The molecule has 1 aromatic carbocycles. The first-order valence-corrected chi connectivity index (χ1v) is 9.70. The molecule has 0 spiro atoms. The Morgan fingerprint density at radius 2 is 1.92 bits per heavy atom. The van der Waals surface area contributed by atoms with Crippen LogP contribution in [0.15, 0.2) is 30.5 Å². The second-order valence-corrected chi connectivity index (χ2v) is 7.27. The highest BCUT2D eigenvalue weighted by Gasteiger charge is 2.23. The number of rotatable bonds is 4. The number of urea groups is 1. The lowest BCUT2D eigenvalue weighted by Crippen LogP contribution is -2.54. The van der Waals surface area contributed by atoms with Crippen LogP contribution in [-0.2, 0) is 11.2 Å². The summed E-state index contributed by atoms with van der Waals surface area (Å²) in [6, 6.07) is 8.82. The second kappa shape index (κ2) is 8.10. The van der Waals surface area contributed by atoms with Gasteiger partial charge in [-0.2, -0.15) is 0 Å². The number of nitrogens with one attached hydrogen (secondary N) is 2. The van der Waals surface area contributed by atoms with Crippen molar-refractivity contribution in [2.75, 3.05) is 45.9 Å². The average Bonchev–Trinajstić information content (AvgIpc) is 3.11. The second-order valence-electron chi connectivity index (χ2n) is 7.27. The van der Waals surface area contributed by atoms with Crippen molar-refractivity contribution in [2.45, 2.75) is 25.3 Å². The highest BCUT2D eigenvalue weighted by molar-refractivity contribution is 5.83. The molecule has 2 aliphatic rings. The molecule has 2 N–H and O–H groups in total. The van der Waals surface area contributed by atoms with Crippen molar-refractivity contribution in [3.05, 3.63) is 36.0 Å². The van der Waals surface area contributed by atoms with E-state index in [0.717, 1.165) is 65.2 Å². The zero-order valence-electron chi connectivity index (χ0n) is 15.2. The number of nitrogens with zero attached hydrogens (tertiary/aromatic N) is 2. The number of benzene rings is 1. The molecule has 2 saturated heterocycles. The molecule has 0 bridgehead atoms. The predicted octanol–water partition coefficient (Wildman–Crippen LogP) is 2.22. The van der Waals surface area contributed by atoms with Crippen molar-refractivity contribution in [3.63, 3.8) is 0 Å². The first-order chi connectivity index (χ1) is 12.8. The standard InChI is InChI=1S/C20H28N4O2/c25-20(22-17-6-13-26-14-7-17)24-11-9-23(10-12-24)8-5-16-15-21-19-4-2-1-3-18(16)19/h1-4,15,17,21H,5-14H2,(H,22,25). The number of ether oxygens (including phenoxy) is 1. The van der Waals surface area contributed by atoms with E-state index in [4.69, 9.17) is 4.74 Å². The van der Waals surface area contributed by atoms with Crippen LogP contribution in [0.2, 0.25) is 0 Å². The van der Waals surface area contributed by atoms with E-state index in [0.29, 0.717) is 0 Å². The summed E-state index contributed by atoms with van der Waals surface area (Å²) in [6.07, 6.45) is 5.02. The Morgan fingerprint density at radius 1 is 1.15 bits per heavy atom. The molecule has 6 nitrogen and oxygen atoms in total. The molecule has 3 heterocycles. The molecule has 2 fully saturated rings. The minimum Gasteiger partial charge on any atom is -0.381 e. The lowest BCUT2D eigenvalue weighted by Gasteiger charge is -2.36. The number of fused-ring (bicyclic) bond motifs is 1. The molecule has 2 aliphatic heterocycles. The van der Waals surface area contributed by atoms with Crippen molar-refractivity contribution in [3.8, 4) is 0 Å². The first-order valence-electron chi connectivity index (χ1n) is 9.70. The predicted molar refractivity (Wildman–Crippen MR) is 102 cm³/mol. The molecule has 1 aromatic heterocycles. The van der Waals surface area contributed by atoms with Crippen LogP contribution in [0.4, 0.5) is 4.79 Å². The lowest BCUT2D eigenvalue weighted by molar-refractivity contribution is 0.0761. The summed E-state index contributed by atoms with van der Waals surface area (Å²) in [5.74, 6) is 0. The number of carbonyl (C=O) groups is 1. The van der Waals surface area contributed by atoms with Gasteiger partial charge in [-0.05, 0) is 30.9 Å². The number of amides is 2. The van der Waals surface area contributed by atoms with Crippen LogP contribution >= 0.6 is 0 Å². The topological polar surface area (TPSA) is 60.6 Å². The molecule has 2 amide bonds. The van der Waals surface area contributed by atoms with Crippen LogP contribution in [-0.4, -0.2) is 72.8 Å². The SMILES string of the molecule is O=C(NC1CCOCC1)N1CCN(CCc2c[nH]c3ccccc23)CC1. The van der Waals surface area contributed by atoms with Crippen molar-refractivity contribution in [1.29, 1.82) is 0 Å². The minimum absolute atomic E-state index is 0.0909. The third kappa shape index (κ3) is 4.02. The number of hydrogen-bond acceptors (Lipinski definition) is 3.